The molecule has 0 spiro atoms. The van der Waals surface area contributed by atoms with Crippen LogP contribution in [0.25, 0.3) is 17.0 Å². The molecule has 0 aliphatic heterocycles. The second-order valence-electron chi connectivity index (χ2n) is 6.79. The number of hydrogen-bond donors (Lipinski definition) is 2. The number of fused-ring (bicyclic) bond motifs is 1. The predicted octanol–water partition coefficient (Wildman–Crippen LogP) is 4.36. The maximum Gasteiger partial charge on any atom is 0.244 e. The first kappa shape index (κ1) is 19.4. The molecule has 3 aromatic rings. The number of aryl methyl sites for hydroxylation is 2. The maximum absolute atomic E-state index is 14.0. The van der Waals surface area contributed by atoms with E-state index >= 15 is 0 Å². The number of nitriles is 1. The van der Waals surface area contributed by atoms with E-state index in [-0.39, 0.29) is 11.7 Å². The first-order valence-corrected chi connectivity index (χ1v) is 9.17. The lowest BCUT2D eigenvalue weighted by molar-refractivity contribution is -0.116. The normalized spacial score (nSPS) is 11.1. The molecule has 1 aromatic heterocycles. The van der Waals surface area contributed by atoms with Gasteiger partial charge in [-0.15, -0.1) is 0 Å². The molecule has 2 aromatic carbocycles. The van der Waals surface area contributed by atoms with Crippen LogP contribution >= 0.6 is 0 Å². The molecule has 1 amide bonds. The second kappa shape index (κ2) is 8.53. The van der Waals surface area contributed by atoms with Crippen LogP contribution in [0, 0.1) is 31.0 Å². The fraction of sp³-hybridized carbons (Fsp3) is 0.217. The van der Waals surface area contributed by atoms with Gasteiger partial charge in [-0.25, -0.2) is 4.39 Å². The number of halogens is 1. The van der Waals surface area contributed by atoms with Crippen molar-refractivity contribution in [3.8, 4) is 6.07 Å². The van der Waals surface area contributed by atoms with Gasteiger partial charge in [0.05, 0.1) is 18.0 Å². The predicted molar refractivity (Wildman–Crippen MR) is 109 cm³/mol. The Bertz CT molecular complexity index is 1070. The number of hydrogen-bond acceptors (Lipinski definition) is 2. The maximum atomic E-state index is 14.0. The van der Waals surface area contributed by atoms with Crippen molar-refractivity contribution in [3.63, 3.8) is 0 Å². The van der Waals surface area contributed by atoms with Crippen molar-refractivity contribution in [2.75, 3.05) is 6.54 Å². The van der Waals surface area contributed by atoms with E-state index in [2.05, 4.69) is 16.4 Å². The summed E-state index contributed by atoms with van der Waals surface area (Å²) in [6, 6.07) is 12.9. The number of nitrogens with one attached hydrogen (secondary N) is 2. The minimum Gasteiger partial charge on any atom is -0.356 e. The topological polar surface area (TPSA) is 68.7 Å². The highest BCUT2D eigenvalue weighted by Crippen LogP contribution is 2.27. The van der Waals surface area contributed by atoms with E-state index in [1.165, 1.54) is 12.1 Å². The van der Waals surface area contributed by atoms with Crippen molar-refractivity contribution in [1.29, 1.82) is 5.26 Å². The largest absolute Gasteiger partial charge is 0.356 e. The highest BCUT2D eigenvalue weighted by molar-refractivity contribution is 5.92. The van der Waals surface area contributed by atoms with Gasteiger partial charge < -0.3 is 10.3 Å². The van der Waals surface area contributed by atoms with Crippen molar-refractivity contribution in [2.45, 2.75) is 26.7 Å². The highest BCUT2D eigenvalue weighted by Gasteiger charge is 2.13. The van der Waals surface area contributed by atoms with Crippen LogP contribution in [0.1, 0.15) is 27.9 Å². The number of amides is 1. The number of aromatic nitrogens is 1. The second-order valence-corrected chi connectivity index (χ2v) is 6.79. The molecule has 0 radical (unpaired) electrons. The van der Waals surface area contributed by atoms with E-state index in [0.29, 0.717) is 24.9 Å². The van der Waals surface area contributed by atoms with Gasteiger partial charge in [0.25, 0.3) is 0 Å². The summed E-state index contributed by atoms with van der Waals surface area (Å²) < 4.78 is 14.0. The third kappa shape index (κ3) is 4.29. The molecule has 0 atom stereocenters. The van der Waals surface area contributed by atoms with Crippen LogP contribution in [-0.2, 0) is 17.6 Å². The van der Waals surface area contributed by atoms with Crippen molar-refractivity contribution in [3.05, 3.63) is 76.2 Å². The first-order chi connectivity index (χ1) is 13.5. The number of H-pyrrole nitrogens is 1. The van der Waals surface area contributed by atoms with Crippen molar-refractivity contribution in [1.82, 2.24) is 10.3 Å². The van der Waals surface area contributed by atoms with Crippen molar-refractivity contribution in [2.24, 2.45) is 0 Å². The summed E-state index contributed by atoms with van der Waals surface area (Å²) in [6.07, 6.45) is 4.23. The van der Waals surface area contributed by atoms with Crippen LogP contribution in [0.5, 0.6) is 0 Å². The van der Waals surface area contributed by atoms with Crippen LogP contribution in [-0.4, -0.2) is 17.4 Å². The standard InChI is InChI=1S/C23H22FN3O/c1-15-3-9-20(24)23-22(15)19(16(2)27-23)12-14-26-21(28)10-8-17-4-6-18(7-5-17)11-13-25/h3-10,27H,11-12,14H2,1-2H3,(H,26,28). The average Bonchev–Trinajstić information content (AvgIpc) is 3.02. The zero-order chi connectivity index (χ0) is 20.1. The van der Waals surface area contributed by atoms with Crippen LogP contribution in [0.15, 0.2) is 42.5 Å². The summed E-state index contributed by atoms with van der Waals surface area (Å²) in [5.41, 5.74) is 5.34. The average molecular weight is 375 g/mol. The summed E-state index contributed by atoms with van der Waals surface area (Å²) in [4.78, 5) is 15.2. The molecule has 0 saturated carbocycles. The number of rotatable bonds is 6. The van der Waals surface area contributed by atoms with E-state index < -0.39 is 0 Å². The summed E-state index contributed by atoms with van der Waals surface area (Å²) >= 11 is 0. The van der Waals surface area contributed by atoms with E-state index in [0.717, 1.165) is 33.3 Å². The Morgan fingerprint density at radius 2 is 1.96 bits per heavy atom. The molecule has 3 rings (SSSR count). The van der Waals surface area contributed by atoms with Gasteiger partial charge in [-0.2, -0.15) is 5.26 Å². The van der Waals surface area contributed by atoms with Gasteiger partial charge in [-0.05, 0) is 54.7 Å². The lowest BCUT2D eigenvalue weighted by atomic mass is 10.0. The first-order valence-electron chi connectivity index (χ1n) is 9.17. The molecular formula is C23H22FN3O. The Kier molecular flexibility index (Phi) is 5.90. The van der Waals surface area contributed by atoms with E-state index in [1.807, 2.05) is 38.1 Å². The zero-order valence-electron chi connectivity index (χ0n) is 16.0. The molecule has 0 saturated heterocycles. The molecule has 0 aliphatic carbocycles. The van der Waals surface area contributed by atoms with Crippen LogP contribution in [0.4, 0.5) is 4.39 Å². The summed E-state index contributed by atoms with van der Waals surface area (Å²) in [7, 11) is 0. The van der Waals surface area contributed by atoms with Crippen LogP contribution in [0.2, 0.25) is 0 Å². The molecule has 5 heteroatoms. The molecule has 28 heavy (non-hydrogen) atoms. The molecule has 142 valence electrons. The summed E-state index contributed by atoms with van der Waals surface area (Å²) in [6.45, 7) is 4.35. The molecule has 0 aliphatic rings. The van der Waals surface area contributed by atoms with Gasteiger partial charge in [0, 0.05) is 23.7 Å². The van der Waals surface area contributed by atoms with Crippen LogP contribution in [0.3, 0.4) is 0 Å². The summed E-state index contributed by atoms with van der Waals surface area (Å²) in [5.74, 6) is -0.441. The third-order valence-electron chi connectivity index (χ3n) is 4.79. The molecule has 0 fully saturated rings. The van der Waals surface area contributed by atoms with Gasteiger partial charge in [0.1, 0.15) is 5.82 Å². The number of benzene rings is 2. The molecule has 1 heterocycles. The van der Waals surface area contributed by atoms with Gasteiger partial charge in [0.15, 0.2) is 0 Å². The SMILES string of the molecule is Cc1[nH]c2c(F)ccc(C)c2c1CCNC(=O)C=Cc1ccc(CC#N)cc1. The van der Waals surface area contributed by atoms with E-state index in [4.69, 9.17) is 5.26 Å². The minimum atomic E-state index is -0.261. The fourth-order valence-corrected chi connectivity index (χ4v) is 3.33. The Balaban J connectivity index is 1.60. The van der Waals surface area contributed by atoms with Gasteiger partial charge in [-0.1, -0.05) is 30.3 Å². The monoisotopic (exact) mass is 375 g/mol. The number of carbonyl (C=O) groups excluding carboxylic acids is 1. The molecule has 0 bridgehead atoms. The lowest BCUT2D eigenvalue weighted by Crippen LogP contribution is -2.23. The quantitative estimate of drug-likeness (QED) is 0.629. The van der Waals surface area contributed by atoms with Crippen molar-refractivity contribution >= 4 is 22.9 Å². The Morgan fingerprint density at radius 1 is 1.21 bits per heavy atom. The van der Waals surface area contributed by atoms with E-state index in [9.17, 15) is 9.18 Å². The number of aromatic amines is 1. The lowest BCUT2D eigenvalue weighted by Gasteiger charge is -2.05. The third-order valence-corrected chi connectivity index (χ3v) is 4.79. The van der Waals surface area contributed by atoms with Gasteiger partial charge >= 0.3 is 0 Å². The number of carbonyl (C=O) groups is 1. The minimum absolute atomic E-state index is 0.179. The van der Waals surface area contributed by atoms with Gasteiger partial charge in [0.2, 0.25) is 5.91 Å². The Hall–Kier alpha value is -3.39. The smallest absolute Gasteiger partial charge is 0.244 e. The Labute approximate surface area is 163 Å². The molecular weight excluding hydrogens is 353 g/mol. The fourth-order valence-electron chi connectivity index (χ4n) is 3.33. The molecule has 4 nitrogen and oxygen atoms in total. The highest BCUT2D eigenvalue weighted by atomic mass is 19.1. The Morgan fingerprint density at radius 3 is 2.68 bits per heavy atom. The van der Waals surface area contributed by atoms with E-state index in [1.54, 1.807) is 12.1 Å². The zero-order valence-corrected chi connectivity index (χ0v) is 16.0. The number of nitrogens with zero attached hydrogens (tertiary/aromatic N) is 1. The van der Waals surface area contributed by atoms with Gasteiger partial charge in [-0.3, -0.25) is 4.79 Å². The summed E-state index contributed by atoms with van der Waals surface area (Å²) in [5, 5.41) is 12.5. The molecule has 2 N–H and O–H groups in total. The van der Waals surface area contributed by atoms with Crippen LogP contribution < -0.4 is 5.32 Å². The molecule has 0 unspecified atom stereocenters. The van der Waals surface area contributed by atoms with Crippen molar-refractivity contribution < 1.29 is 9.18 Å².